The molecule has 31 heavy (non-hydrogen) atoms. The third-order valence-corrected chi connectivity index (χ3v) is 6.08. The van der Waals surface area contributed by atoms with Crippen molar-refractivity contribution in [2.24, 2.45) is 0 Å². The second-order valence-electron chi connectivity index (χ2n) is 6.57. The van der Waals surface area contributed by atoms with E-state index in [0.717, 1.165) is 22.2 Å². The summed E-state index contributed by atoms with van der Waals surface area (Å²) in [7, 11) is 0. The molecule has 1 aliphatic rings. The number of amides is 2. The van der Waals surface area contributed by atoms with Gasteiger partial charge in [-0.05, 0) is 59.8 Å². The zero-order valence-corrected chi connectivity index (χ0v) is 18.2. The molecule has 8 heteroatoms. The quantitative estimate of drug-likeness (QED) is 0.376. The molecule has 4 rings (SSSR count). The third-order valence-electron chi connectivity index (χ3n) is 4.47. The predicted octanol–water partition coefficient (Wildman–Crippen LogP) is 6.95. The van der Waals surface area contributed by atoms with E-state index in [1.54, 1.807) is 48.5 Å². The lowest BCUT2D eigenvalue weighted by Crippen LogP contribution is -2.27. The summed E-state index contributed by atoms with van der Waals surface area (Å²) in [5, 5.41) is 0.154. The van der Waals surface area contributed by atoms with E-state index in [1.165, 1.54) is 24.3 Å². The minimum absolute atomic E-state index is 0.232. The van der Waals surface area contributed by atoms with Gasteiger partial charge in [-0.2, -0.15) is 0 Å². The lowest BCUT2D eigenvalue weighted by molar-refractivity contribution is -0.113. The van der Waals surface area contributed by atoms with Crippen molar-refractivity contribution < 1.29 is 18.7 Å². The topological polar surface area (TPSA) is 46.6 Å². The molecule has 2 amide bonds. The normalized spacial score (nSPS) is 15.1. The van der Waals surface area contributed by atoms with Crippen LogP contribution in [0.5, 0.6) is 5.75 Å². The number of nitrogens with zero attached hydrogens (tertiary/aromatic N) is 1. The summed E-state index contributed by atoms with van der Waals surface area (Å²) in [6, 6.07) is 17.7. The molecule has 0 unspecified atom stereocenters. The maximum absolute atomic E-state index is 13.1. The highest BCUT2D eigenvalue weighted by Gasteiger charge is 2.36. The molecule has 0 aliphatic carbocycles. The molecular formula is C23H14Cl2FNO3S. The highest BCUT2D eigenvalue weighted by molar-refractivity contribution is 8.19. The summed E-state index contributed by atoms with van der Waals surface area (Å²) >= 11 is 12.8. The molecule has 0 atom stereocenters. The number of rotatable bonds is 5. The van der Waals surface area contributed by atoms with Crippen LogP contribution < -0.4 is 9.64 Å². The average Bonchev–Trinajstić information content (AvgIpc) is 3.03. The molecule has 4 nitrogen and oxygen atoms in total. The number of imide groups is 1. The Morgan fingerprint density at radius 2 is 1.71 bits per heavy atom. The number of hydrogen-bond acceptors (Lipinski definition) is 4. The van der Waals surface area contributed by atoms with Crippen molar-refractivity contribution in [3.05, 3.63) is 98.6 Å². The third kappa shape index (κ3) is 4.77. The van der Waals surface area contributed by atoms with Crippen LogP contribution in [0.1, 0.15) is 11.1 Å². The van der Waals surface area contributed by atoms with Crippen LogP contribution in [0.2, 0.25) is 10.0 Å². The summed E-state index contributed by atoms with van der Waals surface area (Å²) in [5.74, 6) is -0.239. The number of carbonyl (C=O) groups excluding carboxylic acids is 2. The SMILES string of the molecule is O=C1S/C(=C/c2ccccc2OCc2ccc(F)cc2)C(=O)N1c1ccc(Cl)c(Cl)c1. The molecule has 156 valence electrons. The molecule has 0 radical (unpaired) electrons. The zero-order chi connectivity index (χ0) is 22.0. The summed E-state index contributed by atoms with van der Waals surface area (Å²) < 4.78 is 18.9. The Balaban J connectivity index is 1.57. The van der Waals surface area contributed by atoms with Crippen LogP contribution in [0.3, 0.4) is 0 Å². The van der Waals surface area contributed by atoms with E-state index in [9.17, 15) is 14.0 Å². The van der Waals surface area contributed by atoms with Gasteiger partial charge in [0.25, 0.3) is 11.1 Å². The van der Waals surface area contributed by atoms with Gasteiger partial charge in [0.05, 0.1) is 20.6 Å². The van der Waals surface area contributed by atoms with Crippen molar-refractivity contribution in [1.82, 2.24) is 0 Å². The molecule has 1 saturated heterocycles. The van der Waals surface area contributed by atoms with Gasteiger partial charge in [0.2, 0.25) is 0 Å². The predicted molar refractivity (Wildman–Crippen MR) is 122 cm³/mol. The van der Waals surface area contributed by atoms with Gasteiger partial charge in [0, 0.05) is 5.56 Å². The monoisotopic (exact) mass is 473 g/mol. The Morgan fingerprint density at radius 1 is 0.968 bits per heavy atom. The lowest BCUT2D eigenvalue weighted by atomic mass is 10.1. The van der Waals surface area contributed by atoms with E-state index >= 15 is 0 Å². The number of halogens is 3. The maximum Gasteiger partial charge on any atom is 0.298 e. The van der Waals surface area contributed by atoms with Crippen LogP contribution in [-0.4, -0.2) is 11.1 Å². The molecular weight excluding hydrogens is 460 g/mol. The number of para-hydroxylation sites is 1. The van der Waals surface area contributed by atoms with Crippen molar-refractivity contribution in [2.45, 2.75) is 6.61 Å². The van der Waals surface area contributed by atoms with E-state index < -0.39 is 11.1 Å². The van der Waals surface area contributed by atoms with Crippen molar-refractivity contribution in [2.75, 3.05) is 4.90 Å². The van der Waals surface area contributed by atoms with E-state index in [4.69, 9.17) is 27.9 Å². The van der Waals surface area contributed by atoms with Gasteiger partial charge in [-0.3, -0.25) is 9.59 Å². The summed E-state index contributed by atoms with van der Waals surface area (Å²) in [6.07, 6.45) is 1.61. The maximum atomic E-state index is 13.1. The fraction of sp³-hybridized carbons (Fsp3) is 0.0435. The fourth-order valence-electron chi connectivity index (χ4n) is 2.93. The molecule has 1 aliphatic heterocycles. The van der Waals surface area contributed by atoms with Crippen LogP contribution >= 0.6 is 35.0 Å². The number of ether oxygens (including phenoxy) is 1. The van der Waals surface area contributed by atoms with Crippen LogP contribution in [-0.2, 0) is 11.4 Å². The van der Waals surface area contributed by atoms with Gasteiger partial charge in [-0.25, -0.2) is 9.29 Å². The number of anilines is 1. The Kier molecular flexibility index (Phi) is 6.32. The van der Waals surface area contributed by atoms with Gasteiger partial charge in [-0.1, -0.05) is 53.5 Å². The standard InChI is InChI=1S/C23H14Cl2FNO3S/c24-18-10-9-17(12-19(18)25)27-22(28)21(31-23(27)29)11-15-3-1-2-4-20(15)30-13-14-5-7-16(26)8-6-14/h1-12H,13H2/b21-11+. The number of benzene rings is 3. The van der Waals surface area contributed by atoms with Crippen LogP contribution in [0, 0.1) is 5.82 Å². The van der Waals surface area contributed by atoms with Crippen molar-refractivity contribution in [3.63, 3.8) is 0 Å². The Morgan fingerprint density at radius 3 is 2.45 bits per heavy atom. The van der Waals surface area contributed by atoms with E-state index in [0.29, 0.717) is 22.0 Å². The van der Waals surface area contributed by atoms with Crippen molar-refractivity contribution in [1.29, 1.82) is 0 Å². The van der Waals surface area contributed by atoms with Gasteiger partial charge in [0.1, 0.15) is 18.2 Å². The zero-order valence-electron chi connectivity index (χ0n) is 15.8. The molecule has 0 spiro atoms. The summed E-state index contributed by atoms with van der Waals surface area (Å²) in [6.45, 7) is 0.232. The van der Waals surface area contributed by atoms with Gasteiger partial charge in [0.15, 0.2) is 0 Å². The summed E-state index contributed by atoms with van der Waals surface area (Å²) in [4.78, 5) is 26.7. The second-order valence-corrected chi connectivity index (χ2v) is 8.38. The molecule has 0 N–H and O–H groups in total. The number of carbonyl (C=O) groups is 2. The highest BCUT2D eigenvalue weighted by atomic mass is 35.5. The summed E-state index contributed by atoms with van der Waals surface area (Å²) in [5.41, 5.74) is 1.79. The van der Waals surface area contributed by atoms with E-state index in [-0.39, 0.29) is 22.4 Å². The minimum atomic E-state index is -0.457. The molecule has 0 aromatic heterocycles. The van der Waals surface area contributed by atoms with Crippen molar-refractivity contribution in [3.8, 4) is 5.75 Å². The average molecular weight is 474 g/mol. The lowest BCUT2D eigenvalue weighted by Gasteiger charge is -2.13. The van der Waals surface area contributed by atoms with Gasteiger partial charge in [-0.15, -0.1) is 0 Å². The second kappa shape index (κ2) is 9.14. The van der Waals surface area contributed by atoms with Crippen LogP contribution in [0.25, 0.3) is 6.08 Å². The van der Waals surface area contributed by atoms with Gasteiger partial charge < -0.3 is 4.74 Å². The first-order valence-electron chi connectivity index (χ1n) is 9.11. The Bertz CT molecular complexity index is 1200. The molecule has 0 bridgehead atoms. The first-order valence-corrected chi connectivity index (χ1v) is 10.7. The smallest absolute Gasteiger partial charge is 0.298 e. The fourth-order valence-corrected chi connectivity index (χ4v) is 4.05. The number of hydrogen-bond donors (Lipinski definition) is 0. The number of thioether (sulfide) groups is 1. The van der Waals surface area contributed by atoms with E-state index in [1.807, 2.05) is 0 Å². The van der Waals surface area contributed by atoms with Crippen molar-refractivity contribution >= 4 is 57.9 Å². The van der Waals surface area contributed by atoms with Crippen LogP contribution in [0.15, 0.2) is 71.6 Å². The van der Waals surface area contributed by atoms with E-state index in [2.05, 4.69) is 0 Å². The molecule has 0 saturated carbocycles. The molecule has 3 aromatic carbocycles. The largest absolute Gasteiger partial charge is 0.488 e. The Hall–Kier alpha value is -2.80. The van der Waals surface area contributed by atoms with Gasteiger partial charge >= 0.3 is 0 Å². The molecule has 1 fully saturated rings. The first kappa shape index (κ1) is 21.4. The minimum Gasteiger partial charge on any atom is -0.488 e. The highest BCUT2D eigenvalue weighted by Crippen LogP contribution is 2.38. The Labute approximate surface area is 192 Å². The first-order chi connectivity index (χ1) is 14.9. The molecule has 3 aromatic rings. The van der Waals surface area contributed by atoms with Crippen LogP contribution in [0.4, 0.5) is 14.9 Å². The molecule has 1 heterocycles.